The highest BCUT2D eigenvalue weighted by Crippen LogP contribution is 2.18. The zero-order chi connectivity index (χ0) is 19.1. The molecule has 3 rings (SSSR count). The standard InChI is InChI=1S/C21H23NO5/c23-20(24)15-27-18-8-4-7-17(13-18)21(25)22-11-12-26-19(14-22)10-9-16-5-2-1-3-6-16/h1-8,13,19H,9-12,14-15H2,(H,23,24). The van der Waals surface area contributed by atoms with Gasteiger partial charge in [-0.2, -0.15) is 0 Å². The summed E-state index contributed by atoms with van der Waals surface area (Å²) in [5.74, 6) is -0.776. The van der Waals surface area contributed by atoms with Crippen LogP contribution in [0.3, 0.4) is 0 Å². The summed E-state index contributed by atoms with van der Waals surface area (Å²) >= 11 is 0. The van der Waals surface area contributed by atoms with Crippen molar-refractivity contribution in [3.05, 3.63) is 65.7 Å². The Morgan fingerprint density at radius 2 is 1.96 bits per heavy atom. The number of hydrogen-bond acceptors (Lipinski definition) is 4. The number of carboxylic acid groups (broad SMARTS) is 1. The molecule has 142 valence electrons. The van der Waals surface area contributed by atoms with Gasteiger partial charge in [0, 0.05) is 18.7 Å². The van der Waals surface area contributed by atoms with Crippen molar-refractivity contribution >= 4 is 11.9 Å². The fourth-order valence-electron chi connectivity index (χ4n) is 3.10. The van der Waals surface area contributed by atoms with Gasteiger partial charge in [-0.05, 0) is 36.6 Å². The fourth-order valence-corrected chi connectivity index (χ4v) is 3.10. The molecular formula is C21H23NO5. The van der Waals surface area contributed by atoms with E-state index in [9.17, 15) is 9.59 Å². The van der Waals surface area contributed by atoms with Gasteiger partial charge in [0.05, 0.1) is 12.7 Å². The maximum absolute atomic E-state index is 12.8. The van der Waals surface area contributed by atoms with Gasteiger partial charge in [0.2, 0.25) is 0 Å². The van der Waals surface area contributed by atoms with Gasteiger partial charge < -0.3 is 19.5 Å². The van der Waals surface area contributed by atoms with Gasteiger partial charge in [-0.1, -0.05) is 36.4 Å². The van der Waals surface area contributed by atoms with Crippen LogP contribution in [0.2, 0.25) is 0 Å². The molecule has 6 nitrogen and oxygen atoms in total. The molecule has 1 fully saturated rings. The van der Waals surface area contributed by atoms with Gasteiger partial charge in [0.15, 0.2) is 6.61 Å². The van der Waals surface area contributed by atoms with Gasteiger partial charge in [-0.25, -0.2) is 4.79 Å². The van der Waals surface area contributed by atoms with E-state index in [4.69, 9.17) is 14.6 Å². The number of hydrogen-bond donors (Lipinski definition) is 1. The quantitative estimate of drug-likeness (QED) is 0.812. The summed E-state index contributed by atoms with van der Waals surface area (Å²) in [5.41, 5.74) is 1.74. The second-order valence-electron chi connectivity index (χ2n) is 6.48. The fraction of sp³-hybridized carbons (Fsp3) is 0.333. The van der Waals surface area contributed by atoms with Crippen molar-refractivity contribution in [3.8, 4) is 5.75 Å². The third-order valence-corrected chi connectivity index (χ3v) is 4.47. The molecule has 1 saturated heterocycles. The highest BCUT2D eigenvalue weighted by molar-refractivity contribution is 5.94. The number of carbonyl (C=O) groups is 2. The number of benzene rings is 2. The van der Waals surface area contributed by atoms with Crippen LogP contribution in [0.4, 0.5) is 0 Å². The first-order chi connectivity index (χ1) is 13.1. The van der Waals surface area contributed by atoms with Crippen molar-refractivity contribution in [1.82, 2.24) is 4.90 Å². The number of amides is 1. The van der Waals surface area contributed by atoms with Crippen molar-refractivity contribution in [3.63, 3.8) is 0 Å². The minimum atomic E-state index is -1.05. The topological polar surface area (TPSA) is 76.1 Å². The minimum Gasteiger partial charge on any atom is -0.482 e. The molecule has 1 N–H and O–H groups in total. The molecule has 2 aromatic carbocycles. The van der Waals surface area contributed by atoms with Crippen LogP contribution in [0.1, 0.15) is 22.3 Å². The summed E-state index contributed by atoms with van der Waals surface area (Å²) in [6.07, 6.45) is 1.77. The molecule has 1 aliphatic heterocycles. The van der Waals surface area contributed by atoms with E-state index in [2.05, 4.69) is 12.1 Å². The van der Waals surface area contributed by atoms with Gasteiger partial charge in [0.25, 0.3) is 5.91 Å². The SMILES string of the molecule is O=C(O)COc1cccc(C(=O)N2CCOC(CCc3ccccc3)C2)c1. The van der Waals surface area contributed by atoms with Gasteiger partial charge in [-0.15, -0.1) is 0 Å². The molecule has 1 aliphatic rings. The summed E-state index contributed by atoms with van der Waals surface area (Å²) in [4.78, 5) is 25.2. The van der Waals surface area contributed by atoms with Crippen LogP contribution in [0.25, 0.3) is 0 Å². The van der Waals surface area contributed by atoms with Crippen molar-refractivity contribution in [1.29, 1.82) is 0 Å². The van der Waals surface area contributed by atoms with Crippen LogP contribution in [0, 0.1) is 0 Å². The molecule has 1 atom stereocenters. The smallest absolute Gasteiger partial charge is 0.341 e. The monoisotopic (exact) mass is 369 g/mol. The molecule has 0 aromatic heterocycles. The predicted octanol–water partition coefficient (Wildman–Crippen LogP) is 2.62. The average molecular weight is 369 g/mol. The van der Waals surface area contributed by atoms with Crippen LogP contribution in [-0.2, 0) is 16.0 Å². The molecular weight excluding hydrogens is 346 g/mol. The Hall–Kier alpha value is -2.86. The lowest BCUT2D eigenvalue weighted by Gasteiger charge is -2.33. The number of rotatable bonds is 7. The Bertz CT molecular complexity index is 777. The van der Waals surface area contributed by atoms with Crippen molar-refractivity contribution in [2.24, 2.45) is 0 Å². The average Bonchev–Trinajstić information content (AvgIpc) is 2.71. The Labute approximate surface area is 158 Å². The van der Waals surface area contributed by atoms with E-state index in [0.717, 1.165) is 12.8 Å². The van der Waals surface area contributed by atoms with Crippen LogP contribution in [0.5, 0.6) is 5.75 Å². The largest absolute Gasteiger partial charge is 0.482 e. The highest BCUT2D eigenvalue weighted by atomic mass is 16.5. The minimum absolute atomic E-state index is 0.00866. The Kier molecular flexibility index (Phi) is 6.44. The van der Waals surface area contributed by atoms with Crippen molar-refractivity contribution in [2.45, 2.75) is 18.9 Å². The van der Waals surface area contributed by atoms with Crippen LogP contribution < -0.4 is 4.74 Å². The molecule has 1 heterocycles. The van der Waals surface area contributed by atoms with Gasteiger partial charge in [-0.3, -0.25) is 4.79 Å². The number of nitrogens with zero attached hydrogens (tertiary/aromatic N) is 1. The highest BCUT2D eigenvalue weighted by Gasteiger charge is 2.25. The second-order valence-corrected chi connectivity index (χ2v) is 6.48. The Morgan fingerprint density at radius 1 is 1.15 bits per heavy atom. The van der Waals surface area contributed by atoms with E-state index in [1.165, 1.54) is 5.56 Å². The molecule has 0 radical (unpaired) electrons. The number of carboxylic acids is 1. The third-order valence-electron chi connectivity index (χ3n) is 4.47. The maximum Gasteiger partial charge on any atom is 0.341 e. The zero-order valence-corrected chi connectivity index (χ0v) is 15.0. The molecule has 0 bridgehead atoms. The number of carbonyl (C=O) groups excluding carboxylic acids is 1. The van der Waals surface area contributed by atoms with Crippen LogP contribution in [-0.4, -0.2) is 54.3 Å². The normalized spacial score (nSPS) is 16.7. The van der Waals surface area contributed by atoms with E-state index in [1.807, 2.05) is 18.2 Å². The molecule has 1 amide bonds. The van der Waals surface area contributed by atoms with Crippen molar-refractivity contribution < 1.29 is 24.2 Å². The molecule has 0 spiro atoms. The summed E-state index contributed by atoms with van der Waals surface area (Å²) < 4.78 is 11.0. The Balaban J connectivity index is 1.57. The molecule has 27 heavy (non-hydrogen) atoms. The number of morpholine rings is 1. The lowest BCUT2D eigenvalue weighted by Crippen LogP contribution is -2.45. The lowest BCUT2D eigenvalue weighted by atomic mass is 10.1. The molecule has 0 aliphatic carbocycles. The van der Waals surface area contributed by atoms with Gasteiger partial charge in [0.1, 0.15) is 5.75 Å². The first-order valence-corrected chi connectivity index (χ1v) is 9.01. The van der Waals surface area contributed by atoms with E-state index in [0.29, 0.717) is 31.0 Å². The zero-order valence-electron chi connectivity index (χ0n) is 15.0. The predicted molar refractivity (Wildman–Crippen MR) is 100.0 cm³/mol. The summed E-state index contributed by atoms with van der Waals surface area (Å²) in [7, 11) is 0. The summed E-state index contributed by atoms with van der Waals surface area (Å²) in [6.45, 7) is 1.17. The van der Waals surface area contributed by atoms with Crippen molar-refractivity contribution in [2.75, 3.05) is 26.3 Å². The summed E-state index contributed by atoms with van der Waals surface area (Å²) in [6, 6.07) is 16.8. The molecule has 0 saturated carbocycles. The molecule has 6 heteroatoms. The number of aliphatic carboxylic acids is 1. The maximum atomic E-state index is 12.8. The van der Waals surface area contributed by atoms with E-state index < -0.39 is 12.6 Å². The third kappa shape index (κ3) is 5.56. The lowest BCUT2D eigenvalue weighted by molar-refractivity contribution is -0.139. The first kappa shape index (κ1) is 18.9. The summed E-state index contributed by atoms with van der Waals surface area (Å²) in [5, 5.41) is 8.71. The molecule has 2 aromatic rings. The van der Waals surface area contributed by atoms with Crippen LogP contribution >= 0.6 is 0 Å². The number of ether oxygens (including phenoxy) is 2. The Morgan fingerprint density at radius 3 is 2.74 bits per heavy atom. The van der Waals surface area contributed by atoms with Crippen LogP contribution in [0.15, 0.2) is 54.6 Å². The van der Waals surface area contributed by atoms with E-state index in [1.54, 1.807) is 29.2 Å². The molecule has 1 unspecified atom stereocenters. The van der Waals surface area contributed by atoms with E-state index in [-0.39, 0.29) is 12.0 Å². The second kappa shape index (κ2) is 9.19. The number of aryl methyl sites for hydroxylation is 1. The van der Waals surface area contributed by atoms with E-state index >= 15 is 0 Å². The van der Waals surface area contributed by atoms with Gasteiger partial charge >= 0.3 is 5.97 Å². The first-order valence-electron chi connectivity index (χ1n) is 9.01.